The van der Waals surface area contributed by atoms with Gasteiger partial charge < -0.3 is 0 Å². The van der Waals surface area contributed by atoms with Gasteiger partial charge in [0.15, 0.2) is 0 Å². The molecule has 3 aliphatic rings. The van der Waals surface area contributed by atoms with Crippen molar-refractivity contribution in [3.63, 3.8) is 0 Å². The zero-order valence-electron chi connectivity index (χ0n) is 8.63. The average molecular weight is 240 g/mol. The van der Waals surface area contributed by atoms with E-state index >= 15 is 0 Å². The van der Waals surface area contributed by atoms with Crippen LogP contribution in [0.15, 0.2) is 0 Å². The summed E-state index contributed by atoms with van der Waals surface area (Å²) in [5.74, 6) is -1.46. The van der Waals surface area contributed by atoms with E-state index in [4.69, 9.17) is 28.9 Å². The predicted octanol–water partition coefficient (Wildman–Crippen LogP) is 0.324. The monoisotopic (exact) mass is 240 g/mol. The number of aliphatic hydroxyl groups excluding tert-OH is 3. The first-order valence-electron chi connectivity index (χ1n) is 5.05. The summed E-state index contributed by atoms with van der Waals surface area (Å²) >= 11 is 0. The van der Waals surface area contributed by atoms with Crippen LogP contribution >= 0.6 is 7.28 Å². The van der Waals surface area contributed by atoms with Crippen molar-refractivity contribution in [2.45, 2.75) is 25.7 Å². The molecule has 0 aromatic carbocycles. The summed E-state index contributed by atoms with van der Waals surface area (Å²) in [7, 11) is -3.49. The summed E-state index contributed by atoms with van der Waals surface area (Å²) in [5.41, 5.74) is 0. The van der Waals surface area contributed by atoms with Crippen LogP contribution in [0, 0.1) is 5.92 Å². The fourth-order valence-electron chi connectivity index (χ4n) is 2.04. The fraction of sp³-hybridized carbons (Fsp3) is 1.00. The van der Waals surface area contributed by atoms with Gasteiger partial charge in [-0.2, -0.15) is 0 Å². The van der Waals surface area contributed by atoms with Gasteiger partial charge in [-0.05, 0) is 0 Å². The zero-order valence-corrected chi connectivity index (χ0v) is 9.52. The first-order chi connectivity index (χ1) is 7.08. The molecule has 1 atom stereocenters. The van der Waals surface area contributed by atoms with Crippen LogP contribution in [0.25, 0.3) is 0 Å². The maximum atomic E-state index is 9.15. The molecule has 1 unspecified atom stereocenters. The topological polar surface area (TPSA) is 88.4 Å². The third-order valence-electron chi connectivity index (χ3n) is 2.90. The minimum absolute atomic E-state index is 0.100. The van der Waals surface area contributed by atoms with E-state index in [1.807, 2.05) is 6.92 Å². The van der Waals surface area contributed by atoms with E-state index in [1.165, 1.54) is 0 Å². The van der Waals surface area contributed by atoms with Crippen LogP contribution in [-0.2, 0) is 13.6 Å². The number of hydrogen-bond donors (Lipinski definition) is 3. The van der Waals surface area contributed by atoms with Gasteiger partial charge in [-0.3, -0.25) is 0 Å². The quantitative estimate of drug-likeness (QED) is 0.579. The molecule has 3 heterocycles. The molecule has 0 amide bonds. The SMILES string of the molecule is CCCC(CO)C12OP(CO)(CO)(O1)O2. The van der Waals surface area contributed by atoms with Crippen LogP contribution in [0.4, 0.5) is 0 Å². The maximum absolute atomic E-state index is 9.15. The van der Waals surface area contributed by atoms with Crippen molar-refractivity contribution in [2.75, 3.05) is 19.3 Å². The molecule has 90 valence electrons. The Kier molecular flexibility index (Phi) is 2.60. The summed E-state index contributed by atoms with van der Waals surface area (Å²) in [4.78, 5) is 0. The van der Waals surface area contributed by atoms with Crippen LogP contribution in [0.1, 0.15) is 19.8 Å². The van der Waals surface area contributed by atoms with E-state index in [-0.39, 0.29) is 12.5 Å². The Balaban J connectivity index is 2.01. The molecule has 3 saturated heterocycles. The van der Waals surface area contributed by atoms with Crippen LogP contribution in [0.5, 0.6) is 0 Å². The fourth-order valence-corrected chi connectivity index (χ4v) is 4.67. The van der Waals surface area contributed by atoms with Gasteiger partial charge in [0, 0.05) is 0 Å². The van der Waals surface area contributed by atoms with Crippen molar-refractivity contribution in [1.82, 2.24) is 0 Å². The van der Waals surface area contributed by atoms with Crippen LogP contribution in [0.2, 0.25) is 0 Å². The normalized spacial score (nSPS) is 39.3. The third kappa shape index (κ3) is 1.31. The van der Waals surface area contributed by atoms with Gasteiger partial charge in [0.05, 0.1) is 0 Å². The molecule has 3 rings (SSSR count). The molecular formula is C8H17O6P. The average Bonchev–Trinajstić information content (AvgIpc) is 2.14. The van der Waals surface area contributed by atoms with Crippen LogP contribution in [0.3, 0.4) is 0 Å². The van der Waals surface area contributed by atoms with E-state index in [0.29, 0.717) is 6.42 Å². The second kappa shape index (κ2) is 3.34. The molecule has 0 radical (unpaired) electrons. The molecule has 0 spiro atoms. The summed E-state index contributed by atoms with van der Waals surface area (Å²) in [6.07, 6.45) is 0.708. The second-order valence-electron chi connectivity index (χ2n) is 4.05. The van der Waals surface area contributed by atoms with Crippen LogP contribution in [-0.4, -0.2) is 40.6 Å². The minimum atomic E-state index is -3.49. The molecule has 3 aliphatic heterocycles. The Labute approximate surface area is 87.9 Å². The Hall–Kier alpha value is 0.190. The molecule has 0 aromatic heterocycles. The molecule has 0 saturated carbocycles. The number of rotatable bonds is 6. The van der Waals surface area contributed by atoms with E-state index in [1.54, 1.807) is 0 Å². The van der Waals surface area contributed by atoms with E-state index in [2.05, 4.69) is 0 Å². The zero-order chi connectivity index (χ0) is 11.2. The van der Waals surface area contributed by atoms with Gasteiger partial charge >= 0.3 is 87.1 Å². The predicted molar refractivity (Wildman–Crippen MR) is 52.6 cm³/mol. The molecule has 0 aliphatic carbocycles. The van der Waals surface area contributed by atoms with Gasteiger partial charge in [0.25, 0.3) is 0 Å². The molecular weight excluding hydrogens is 223 g/mol. The number of aliphatic hydroxyl groups is 3. The van der Waals surface area contributed by atoms with Crippen molar-refractivity contribution in [2.24, 2.45) is 5.92 Å². The Morgan fingerprint density at radius 1 is 1.13 bits per heavy atom. The summed E-state index contributed by atoms with van der Waals surface area (Å²) < 4.78 is 16.3. The van der Waals surface area contributed by atoms with E-state index < -0.39 is 26.0 Å². The Morgan fingerprint density at radius 2 is 1.67 bits per heavy atom. The summed E-state index contributed by atoms with van der Waals surface area (Å²) in [6, 6.07) is 0. The standard InChI is InChI=1S/C8H17O6P/c1-2-3-7(4-9)8-12-15(5-10,6-11,13-8)14-8/h7,9-11H,2-6H2,1H3. The van der Waals surface area contributed by atoms with E-state index in [0.717, 1.165) is 6.42 Å². The molecule has 3 fully saturated rings. The summed E-state index contributed by atoms with van der Waals surface area (Å²) in [5, 5.41) is 27.3. The first-order valence-corrected chi connectivity index (χ1v) is 7.41. The Bertz CT molecular complexity index is 239. The molecule has 7 heteroatoms. The Morgan fingerprint density at radius 3 is 2.00 bits per heavy atom. The van der Waals surface area contributed by atoms with Gasteiger partial charge in [0.1, 0.15) is 0 Å². The molecule has 6 nitrogen and oxygen atoms in total. The second-order valence-corrected chi connectivity index (χ2v) is 7.61. The molecule has 2 bridgehead atoms. The molecule has 3 N–H and O–H groups in total. The molecule has 15 heavy (non-hydrogen) atoms. The van der Waals surface area contributed by atoms with Gasteiger partial charge in [-0.1, -0.05) is 0 Å². The van der Waals surface area contributed by atoms with Crippen molar-refractivity contribution < 1.29 is 28.9 Å². The van der Waals surface area contributed by atoms with Gasteiger partial charge in [0.2, 0.25) is 0 Å². The van der Waals surface area contributed by atoms with Gasteiger partial charge in [-0.15, -0.1) is 0 Å². The van der Waals surface area contributed by atoms with Crippen molar-refractivity contribution in [3.8, 4) is 0 Å². The summed E-state index contributed by atoms with van der Waals surface area (Å²) in [6.45, 7) is 1.88. The first kappa shape index (κ1) is 11.7. The van der Waals surface area contributed by atoms with Crippen LogP contribution < -0.4 is 0 Å². The van der Waals surface area contributed by atoms with Crippen molar-refractivity contribution in [3.05, 3.63) is 0 Å². The van der Waals surface area contributed by atoms with Crippen molar-refractivity contribution in [1.29, 1.82) is 0 Å². The van der Waals surface area contributed by atoms with Gasteiger partial charge in [-0.25, -0.2) is 0 Å². The molecule has 0 aromatic rings. The van der Waals surface area contributed by atoms with Crippen molar-refractivity contribution >= 4 is 7.28 Å². The third-order valence-corrected chi connectivity index (χ3v) is 5.97. The van der Waals surface area contributed by atoms with E-state index in [9.17, 15) is 0 Å². The number of hydrogen-bond acceptors (Lipinski definition) is 6.